The highest BCUT2D eigenvalue weighted by atomic mass is 16.5. The first kappa shape index (κ1) is 14.0. The Kier molecular flexibility index (Phi) is 5.53. The Labute approximate surface area is 118 Å². The third-order valence-electron chi connectivity index (χ3n) is 2.82. The second-order valence-electron chi connectivity index (χ2n) is 4.34. The van der Waals surface area contributed by atoms with E-state index in [9.17, 15) is 0 Å². The van der Waals surface area contributed by atoms with Gasteiger partial charge in [-0.25, -0.2) is 4.68 Å². The van der Waals surface area contributed by atoms with Crippen LogP contribution >= 0.6 is 0 Å². The van der Waals surface area contributed by atoms with E-state index in [2.05, 4.69) is 21.6 Å². The van der Waals surface area contributed by atoms with Crippen molar-refractivity contribution in [1.82, 2.24) is 20.2 Å². The van der Waals surface area contributed by atoms with Gasteiger partial charge in [-0.1, -0.05) is 18.2 Å². The lowest BCUT2D eigenvalue weighted by molar-refractivity contribution is 0.308. The van der Waals surface area contributed by atoms with Gasteiger partial charge in [0, 0.05) is 19.4 Å². The summed E-state index contributed by atoms with van der Waals surface area (Å²) in [7, 11) is 0. The molecule has 0 N–H and O–H groups in total. The fourth-order valence-corrected chi connectivity index (χ4v) is 1.82. The lowest BCUT2D eigenvalue weighted by Crippen LogP contribution is -2.08. The summed E-state index contributed by atoms with van der Waals surface area (Å²) < 4.78 is 7.39. The van der Waals surface area contributed by atoms with Crippen molar-refractivity contribution in [2.75, 3.05) is 6.61 Å². The molecule has 0 spiro atoms. The second-order valence-corrected chi connectivity index (χ2v) is 4.34. The minimum Gasteiger partial charge on any atom is -0.494 e. The zero-order valence-corrected chi connectivity index (χ0v) is 11.3. The molecular formula is C14H17N5O. The van der Waals surface area contributed by atoms with Crippen molar-refractivity contribution in [3.8, 4) is 11.8 Å². The Morgan fingerprint density at radius 2 is 2.05 bits per heavy atom. The molecule has 0 saturated heterocycles. The van der Waals surface area contributed by atoms with Gasteiger partial charge >= 0.3 is 0 Å². The van der Waals surface area contributed by atoms with E-state index >= 15 is 0 Å². The van der Waals surface area contributed by atoms with E-state index in [1.807, 2.05) is 30.3 Å². The van der Waals surface area contributed by atoms with Crippen molar-refractivity contribution < 1.29 is 4.74 Å². The smallest absolute Gasteiger partial charge is 0.151 e. The number of tetrazole rings is 1. The molecule has 0 aliphatic rings. The molecular weight excluding hydrogens is 254 g/mol. The van der Waals surface area contributed by atoms with Crippen molar-refractivity contribution >= 4 is 0 Å². The number of aryl methyl sites for hydroxylation is 2. The molecule has 0 fully saturated rings. The molecule has 0 unspecified atom stereocenters. The zero-order valence-electron chi connectivity index (χ0n) is 11.3. The van der Waals surface area contributed by atoms with Gasteiger partial charge in [0.25, 0.3) is 0 Å². The minimum absolute atomic E-state index is 0.524. The highest BCUT2D eigenvalue weighted by Gasteiger charge is 2.05. The van der Waals surface area contributed by atoms with Crippen molar-refractivity contribution in [3.63, 3.8) is 0 Å². The Morgan fingerprint density at radius 3 is 2.85 bits per heavy atom. The molecule has 6 nitrogen and oxygen atoms in total. The first-order valence-corrected chi connectivity index (χ1v) is 6.70. The van der Waals surface area contributed by atoms with Crippen LogP contribution in [0, 0.1) is 11.3 Å². The summed E-state index contributed by atoms with van der Waals surface area (Å²) >= 11 is 0. The van der Waals surface area contributed by atoms with E-state index in [0.29, 0.717) is 19.6 Å². The summed E-state index contributed by atoms with van der Waals surface area (Å²) in [5.74, 6) is 1.72. The summed E-state index contributed by atoms with van der Waals surface area (Å²) in [6, 6.07) is 11.9. The van der Waals surface area contributed by atoms with Gasteiger partial charge in [0.15, 0.2) is 5.82 Å². The summed E-state index contributed by atoms with van der Waals surface area (Å²) in [6.45, 7) is 1.32. The van der Waals surface area contributed by atoms with Gasteiger partial charge in [-0.3, -0.25) is 0 Å². The molecule has 20 heavy (non-hydrogen) atoms. The van der Waals surface area contributed by atoms with Crippen molar-refractivity contribution in [1.29, 1.82) is 5.26 Å². The lowest BCUT2D eigenvalue weighted by Gasteiger charge is -2.06. The van der Waals surface area contributed by atoms with Crippen LogP contribution in [0.15, 0.2) is 30.3 Å². The van der Waals surface area contributed by atoms with Crippen molar-refractivity contribution in [3.05, 3.63) is 36.2 Å². The Balaban J connectivity index is 1.71. The van der Waals surface area contributed by atoms with Gasteiger partial charge in [0.05, 0.1) is 12.7 Å². The minimum atomic E-state index is 0.524. The molecule has 104 valence electrons. The molecule has 0 aliphatic heterocycles. The highest BCUT2D eigenvalue weighted by Crippen LogP contribution is 2.09. The monoisotopic (exact) mass is 271 g/mol. The molecule has 1 aromatic heterocycles. The van der Waals surface area contributed by atoms with E-state index in [1.54, 1.807) is 4.68 Å². The number of ether oxygens (including phenoxy) is 1. The highest BCUT2D eigenvalue weighted by molar-refractivity contribution is 5.20. The van der Waals surface area contributed by atoms with Gasteiger partial charge in [0.1, 0.15) is 5.75 Å². The molecule has 0 bridgehead atoms. The van der Waals surface area contributed by atoms with Crippen LogP contribution in [0.5, 0.6) is 5.75 Å². The number of benzene rings is 1. The standard InChI is InChI=1S/C14H17N5O/c15-10-4-5-11-19-14(16-17-18-19)9-6-12-20-13-7-2-1-3-8-13/h1-3,7-8H,4-6,9,11-12H2. The third kappa shape index (κ3) is 4.35. The van der Waals surface area contributed by atoms with Crippen LogP contribution in [0.25, 0.3) is 0 Å². The quantitative estimate of drug-likeness (QED) is 0.686. The van der Waals surface area contributed by atoms with Gasteiger partial charge in [-0.2, -0.15) is 5.26 Å². The van der Waals surface area contributed by atoms with E-state index in [-0.39, 0.29) is 0 Å². The molecule has 0 saturated carbocycles. The van der Waals surface area contributed by atoms with Crippen LogP contribution < -0.4 is 4.74 Å². The molecule has 2 aromatic rings. The Hall–Kier alpha value is -2.42. The Bertz CT molecular complexity index is 546. The largest absolute Gasteiger partial charge is 0.494 e. The number of nitrogens with zero attached hydrogens (tertiary/aromatic N) is 5. The van der Waals surface area contributed by atoms with E-state index in [4.69, 9.17) is 10.00 Å². The Morgan fingerprint density at radius 1 is 1.20 bits per heavy atom. The summed E-state index contributed by atoms with van der Waals surface area (Å²) in [5, 5.41) is 20.1. The van der Waals surface area contributed by atoms with Crippen LogP contribution in [-0.4, -0.2) is 26.8 Å². The van der Waals surface area contributed by atoms with E-state index in [1.165, 1.54) is 0 Å². The molecule has 2 rings (SSSR count). The van der Waals surface area contributed by atoms with Gasteiger partial charge < -0.3 is 4.74 Å². The maximum absolute atomic E-state index is 8.52. The fourth-order valence-electron chi connectivity index (χ4n) is 1.82. The van der Waals surface area contributed by atoms with E-state index in [0.717, 1.165) is 30.8 Å². The average molecular weight is 271 g/mol. The van der Waals surface area contributed by atoms with Gasteiger partial charge in [-0.05, 0) is 35.4 Å². The molecule has 1 aromatic carbocycles. The number of para-hydroxylation sites is 1. The summed E-state index contributed by atoms with van der Waals surface area (Å²) in [4.78, 5) is 0. The van der Waals surface area contributed by atoms with Crippen LogP contribution in [0.4, 0.5) is 0 Å². The summed E-state index contributed by atoms with van der Waals surface area (Å²) in [6.07, 6.45) is 2.92. The van der Waals surface area contributed by atoms with Gasteiger partial charge in [0.2, 0.25) is 0 Å². The molecule has 0 atom stereocenters. The lowest BCUT2D eigenvalue weighted by atomic mass is 10.3. The van der Waals surface area contributed by atoms with Crippen molar-refractivity contribution in [2.45, 2.75) is 32.2 Å². The van der Waals surface area contributed by atoms with Crippen LogP contribution in [-0.2, 0) is 13.0 Å². The van der Waals surface area contributed by atoms with Crippen LogP contribution in [0.2, 0.25) is 0 Å². The predicted molar refractivity (Wildman–Crippen MR) is 72.9 cm³/mol. The molecule has 0 radical (unpaired) electrons. The first-order chi connectivity index (χ1) is 9.90. The van der Waals surface area contributed by atoms with Gasteiger partial charge in [-0.15, -0.1) is 5.10 Å². The SMILES string of the molecule is N#CCCCn1nnnc1CCCOc1ccccc1. The average Bonchev–Trinajstić information content (AvgIpc) is 2.93. The predicted octanol–water partition coefficient (Wildman–Crippen LogP) is 1.99. The molecule has 0 amide bonds. The molecule has 0 aliphatic carbocycles. The second kappa shape index (κ2) is 7.89. The third-order valence-corrected chi connectivity index (χ3v) is 2.82. The van der Waals surface area contributed by atoms with Crippen molar-refractivity contribution in [2.24, 2.45) is 0 Å². The number of unbranched alkanes of at least 4 members (excludes halogenated alkanes) is 1. The van der Waals surface area contributed by atoms with Crippen LogP contribution in [0.3, 0.4) is 0 Å². The molecule has 6 heteroatoms. The number of hydrogen-bond donors (Lipinski definition) is 0. The number of nitriles is 1. The molecule has 1 heterocycles. The fraction of sp³-hybridized carbons (Fsp3) is 0.429. The topological polar surface area (TPSA) is 76.6 Å². The number of aromatic nitrogens is 4. The maximum atomic E-state index is 8.52. The maximum Gasteiger partial charge on any atom is 0.151 e. The number of hydrogen-bond acceptors (Lipinski definition) is 5. The normalized spacial score (nSPS) is 10.2. The zero-order chi connectivity index (χ0) is 14.0. The van der Waals surface area contributed by atoms with E-state index < -0.39 is 0 Å². The first-order valence-electron chi connectivity index (χ1n) is 6.70. The summed E-state index contributed by atoms with van der Waals surface area (Å²) in [5.41, 5.74) is 0. The number of rotatable bonds is 8. The van der Waals surface area contributed by atoms with Crippen LogP contribution in [0.1, 0.15) is 25.1 Å².